The molecule has 4 rings (SSSR count). The molecule has 0 aliphatic heterocycles. The van der Waals surface area contributed by atoms with Crippen molar-refractivity contribution >= 4 is 23.9 Å². The van der Waals surface area contributed by atoms with Crippen molar-refractivity contribution in [3.63, 3.8) is 0 Å². The fourth-order valence-electron chi connectivity index (χ4n) is 3.30. The van der Waals surface area contributed by atoms with E-state index in [2.05, 4.69) is 54.6 Å². The zero-order valence-electron chi connectivity index (χ0n) is 13.7. The molecule has 3 heteroatoms. The SMILES string of the molecule is COC1CCCc2oc(-c3ccccc3)c([Se]c3ccccc3)c21. The van der Waals surface area contributed by atoms with E-state index in [1.165, 1.54) is 14.5 Å². The average molecular weight is 383 g/mol. The Morgan fingerprint density at radius 3 is 2.42 bits per heavy atom. The van der Waals surface area contributed by atoms with E-state index in [-0.39, 0.29) is 21.1 Å². The Hall–Kier alpha value is -1.80. The van der Waals surface area contributed by atoms with Crippen molar-refractivity contribution in [3.05, 3.63) is 72.0 Å². The van der Waals surface area contributed by atoms with Crippen LogP contribution in [0.3, 0.4) is 0 Å². The summed E-state index contributed by atoms with van der Waals surface area (Å²) in [5, 5.41) is 0. The number of benzene rings is 2. The van der Waals surface area contributed by atoms with Crippen molar-refractivity contribution < 1.29 is 9.15 Å². The van der Waals surface area contributed by atoms with Crippen LogP contribution in [0.2, 0.25) is 0 Å². The zero-order valence-corrected chi connectivity index (χ0v) is 15.4. The van der Waals surface area contributed by atoms with Crippen LogP contribution in [-0.4, -0.2) is 22.1 Å². The first-order chi connectivity index (χ1) is 11.9. The molecule has 1 aliphatic carbocycles. The van der Waals surface area contributed by atoms with E-state index >= 15 is 0 Å². The Balaban J connectivity index is 1.86. The van der Waals surface area contributed by atoms with E-state index in [1.807, 2.05) is 13.2 Å². The normalized spacial score (nSPS) is 16.8. The van der Waals surface area contributed by atoms with E-state index in [0.717, 1.165) is 36.3 Å². The van der Waals surface area contributed by atoms with Crippen LogP contribution in [0.4, 0.5) is 0 Å². The summed E-state index contributed by atoms with van der Waals surface area (Å²) >= 11 is 0.206. The van der Waals surface area contributed by atoms with Crippen molar-refractivity contribution in [2.24, 2.45) is 0 Å². The van der Waals surface area contributed by atoms with Gasteiger partial charge in [0.1, 0.15) is 0 Å². The summed E-state index contributed by atoms with van der Waals surface area (Å²) in [6.07, 6.45) is 3.38. The quantitative estimate of drug-likeness (QED) is 0.642. The van der Waals surface area contributed by atoms with Gasteiger partial charge in [0, 0.05) is 0 Å². The van der Waals surface area contributed by atoms with Gasteiger partial charge in [-0.15, -0.1) is 0 Å². The van der Waals surface area contributed by atoms with E-state index < -0.39 is 0 Å². The number of ether oxygens (including phenoxy) is 1. The van der Waals surface area contributed by atoms with Crippen LogP contribution >= 0.6 is 0 Å². The molecule has 0 fully saturated rings. The second-order valence-corrected chi connectivity index (χ2v) is 8.27. The minimum absolute atomic E-state index is 0.163. The maximum atomic E-state index is 6.36. The van der Waals surface area contributed by atoms with Gasteiger partial charge in [-0.1, -0.05) is 0 Å². The van der Waals surface area contributed by atoms with Gasteiger partial charge < -0.3 is 0 Å². The second kappa shape index (κ2) is 6.98. The van der Waals surface area contributed by atoms with Crippen molar-refractivity contribution in [2.45, 2.75) is 25.4 Å². The predicted octanol–water partition coefficient (Wildman–Crippen LogP) is 3.63. The molecule has 1 aromatic heterocycles. The molecule has 3 aromatic rings. The van der Waals surface area contributed by atoms with Crippen molar-refractivity contribution in [3.8, 4) is 11.3 Å². The number of hydrogen-bond donors (Lipinski definition) is 0. The molecule has 24 heavy (non-hydrogen) atoms. The van der Waals surface area contributed by atoms with Crippen molar-refractivity contribution in [1.29, 1.82) is 0 Å². The van der Waals surface area contributed by atoms with Crippen LogP contribution in [0.25, 0.3) is 11.3 Å². The van der Waals surface area contributed by atoms with Gasteiger partial charge in [0.25, 0.3) is 0 Å². The van der Waals surface area contributed by atoms with E-state index in [1.54, 1.807) is 0 Å². The van der Waals surface area contributed by atoms with Gasteiger partial charge in [-0.05, 0) is 0 Å². The van der Waals surface area contributed by atoms with Gasteiger partial charge in [-0.2, -0.15) is 0 Å². The fourth-order valence-corrected chi connectivity index (χ4v) is 5.68. The number of fused-ring (bicyclic) bond motifs is 1. The van der Waals surface area contributed by atoms with E-state index in [0.29, 0.717) is 0 Å². The molecule has 0 amide bonds. The number of aryl methyl sites for hydroxylation is 1. The zero-order chi connectivity index (χ0) is 16.4. The Morgan fingerprint density at radius 2 is 1.71 bits per heavy atom. The van der Waals surface area contributed by atoms with Gasteiger partial charge in [0.2, 0.25) is 0 Å². The Bertz CT molecular complexity index is 809. The third-order valence-corrected chi connectivity index (χ3v) is 6.80. The summed E-state index contributed by atoms with van der Waals surface area (Å²) in [7, 11) is 1.81. The summed E-state index contributed by atoms with van der Waals surface area (Å²) < 4.78 is 14.9. The van der Waals surface area contributed by atoms with E-state index in [9.17, 15) is 0 Å². The molecular formula is C21H20O2Se. The summed E-state index contributed by atoms with van der Waals surface area (Å²) in [4.78, 5) is 0. The van der Waals surface area contributed by atoms with Crippen molar-refractivity contribution in [1.82, 2.24) is 0 Å². The molecule has 1 unspecified atom stereocenters. The average Bonchev–Trinajstić information content (AvgIpc) is 3.02. The van der Waals surface area contributed by atoms with Crippen LogP contribution in [0.5, 0.6) is 0 Å². The molecule has 2 nitrogen and oxygen atoms in total. The fraction of sp³-hybridized carbons (Fsp3) is 0.238. The van der Waals surface area contributed by atoms with Gasteiger partial charge in [-0.25, -0.2) is 0 Å². The molecule has 0 bridgehead atoms. The van der Waals surface area contributed by atoms with Crippen LogP contribution in [0, 0.1) is 0 Å². The Morgan fingerprint density at radius 1 is 1.00 bits per heavy atom. The number of hydrogen-bond acceptors (Lipinski definition) is 2. The van der Waals surface area contributed by atoms with Crippen molar-refractivity contribution in [2.75, 3.05) is 7.11 Å². The number of furan rings is 1. The molecule has 0 saturated carbocycles. The third kappa shape index (κ3) is 2.95. The van der Waals surface area contributed by atoms with Crippen LogP contribution in [0.1, 0.15) is 30.3 Å². The predicted molar refractivity (Wildman–Crippen MR) is 98.3 cm³/mol. The first-order valence-corrected chi connectivity index (χ1v) is 10.0. The summed E-state index contributed by atoms with van der Waals surface area (Å²) in [6, 6.07) is 21.2. The molecule has 1 aliphatic rings. The molecule has 0 radical (unpaired) electrons. The maximum absolute atomic E-state index is 6.36. The van der Waals surface area contributed by atoms with Crippen LogP contribution in [0.15, 0.2) is 65.1 Å². The van der Waals surface area contributed by atoms with Crippen LogP contribution in [-0.2, 0) is 11.2 Å². The van der Waals surface area contributed by atoms with Crippen LogP contribution < -0.4 is 8.92 Å². The molecule has 2 aromatic carbocycles. The Kier molecular flexibility index (Phi) is 4.57. The molecule has 1 atom stereocenters. The van der Waals surface area contributed by atoms with Gasteiger partial charge >= 0.3 is 149 Å². The first kappa shape index (κ1) is 15.7. The minimum atomic E-state index is 0.163. The number of rotatable bonds is 4. The standard InChI is InChI=1S/C21H20O2Se/c1-22-17-13-8-14-18-19(17)21(24-16-11-6-3-7-12-16)20(23-18)15-9-4-2-5-10-15/h2-7,9-12,17H,8,13-14H2,1H3. The second-order valence-electron chi connectivity index (χ2n) is 5.99. The number of methoxy groups -OCH3 is 1. The molecule has 1 heterocycles. The monoisotopic (exact) mass is 384 g/mol. The van der Waals surface area contributed by atoms with E-state index in [4.69, 9.17) is 9.15 Å². The molecular weight excluding hydrogens is 363 g/mol. The van der Waals surface area contributed by atoms with Gasteiger partial charge in [-0.3, -0.25) is 0 Å². The summed E-state index contributed by atoms with van der Waals surface area (Å²) in [5.41, 5.74) is 2.47. The van der Waals surface area contributed by atoms with Gasteiger partial charge in [0.15, 0.2) is 0 Å². The summed E-state index contributed by atoms with van der Waals surface area (Å²) in [6.45, 7) is 0. The molecule has 0 saturated heterocycles. The molecule has 122 valence electrons. The van der Waals surface area contributed by atoms with Gasteiger partial charge in [0.05, 0.1) is 0 Å². The third-order valence-electron chi connectivity index (χ3n) is 4.45. The first-order valence-electron chi connectivity index (χ1n) is 8.33. The molecule has 0 spiro atoms. The molecule has 0 N–H and O–H groups in total. The Labute approximate surface area is 149 Å². The summed E-state index contributed by atoms with van der Waals surface area (Å²) in [5.74, 6) is 2.16. The topological polar surface area (TPSA) is 22.4 Å².